The molecular weight excluding hydrogens is 365 g/mol. The van der Waals surface area contributed by atoms with Crippen LogP contribution in [0.3, 0.4) is 0 Å². The summed E-state index contributed by atoms with van der Waals surface area (Å²) in [5.41, 5.74) is -2.73. The molecule has 1 aromatic carbocycles. The van der Waals surface area contributed by atoms with E-state index in [1.165, 1.54) is 13.8 Å². The lowest BCUT2D eigenvalue weighted by atomic mass is 9.99. The van der Waals surface area contributed by atoms with Gasteiger partial charge in [0.2, 0.25) is 15.9 Å². The van der Waals surface area contributed by atoms with Gasteiger partial charge in [-0.3, -0.25) is 4.79 Å². The van der Waals surface area contributed by atoms with Crippen LogP contribution < -0.4 is 10.0 Å². The van der Waals surface area contributed by atoms with E-state index in [2.05, 4.69) is 5.32 Å². The quantitative estimate of drug-likeness (QED) is 0.659. The van der Waals surface area contributed by atoms with E-state index in [0.29, 0.717) is 12.1 Å². The van der Waals surface area contributed by atoms with Gasteiger partial charge in [0.15, 0.2) is 0 Å². The highest BCUT2D eigenvalue weighted by atomic mass is 32.2. The molecule has 11 heteroatoms. The molecule has 3 N–H and O–H groups in total. The summed E-state index contributed by atoms with van der Waals surface area (Å²) >= 11 is 0. The highest BCUT2D eigenvalue weighted by molar-refractivity contribution is 7.89. The Labute approximate surface area is 142 Å². The van der Waals surface area contributed by atoms with Crippen LogP contribution in [0, 0.1) is 0 Å². The molecule has 7 nitrogen and oxygen atoms in total. The van der Waals surface area contributed by atoms with Crippen molar-refractivity contribution in [1.82, 2.24) is 10.0 Å². The Morgan fingerprint density at radius 3 is 2.32 bits per heavy atom. The molecule has 1 unspecified atom stereocenters. The number of aliphatic carboxylic acids is 1. The van der Waals surface area contributed by atoms with Gasteiger partial charge in [0.1, 0.15) is 5.54 Å². The minimum atomic E-state index is -4.71. The molecule has 0 radical (unpaired) electrons. The molecule has 1 amide bonds. The first-order valence-corrected chi connectivity index (χ1v) is 8.51. The molecule has 1 aromatic rings. The molecule has 0 heterocycles. The maximum absolute atomic E-state index is 12.6. The van der Waals surface area contributed by atoms with Crippen molar-refractivity contribution < 1.29 is 36.3 Å². The fraction of sp³-hybridized carbons (Fsp3) is 0.429. The Hall–Kier alpha value is -2.14. The number of hydrogen-bond donors (Lipinski definition) is 3. The van der Waals surface area contributed by atoms with E-state index in [-0.39, 0.29) is 6.42 Å². The third-order valence-electron chi connectivity index (χ3n) is 3.49. The standard InChI is InChI=1S/C14H17F3N2O5S/c1-3-13(2,12(21)22)19-11(20)8-18-25(23,24)10-6-4-5-9(7-10)14(15,16)17/h4-7,18H,3,8H2,1-2H3,(H,19,20)(H,21,22). The number of rotatable bonds is 7. The van der Waals surface area contributed by atoms with E-state index in [9.17, 15) is 31.2 Å². The van der Waals surface area contributed by atoms with Gasteiger partial charge in [-0.25, -0.2) is 17.9 Å². The van der Waals surface area contributed by atoms with Crippen LogP contribution in [0.2, 0.25) is 0 Å². The number of nitrogens with one attached hydrogen (secondary N) is 2. The summed E-state index contributed by atoms with van der Waals surface area (Å²) in [5, 5.41) is 11.2. The van der Waals surface area contributed by atoms with E-state index in [1.807, 2.05) is 4.72 Å². The minimum absolute atomic E-state index is 0.0501. The minimum Gasteiger partial charge on any atom is -0.480 e. The number of carboxylic acids is 1. The number of benzene rings is 1. The van der Waals surface area contributed by atoms with Crippen LogP contribution in [0.1, 0.15) is 25.8 Å². The summed E-state index contributed by atoms with van der Waals surface area (Å²) in [7, 11) is -4.38. The lowest BCUT2D eigenvalue weighted by Crippen LogP contribution is -2.54. The van der Waals surface area contributed by atoms with Gasteiger partial charge in [-0.05, 0) is 31.5 Å². The van der Waals surface area contributed by atoms with Crippen LogP contribution in [-0.4, -0.2) is 37.5 Å². The summed E-state index contributed by atoms with van der Waals surface area (Å²) in [5.74, 6) is -2.23. The number of alkyl halides is 3. The van der Waals surface area contributed by atoms with Gasteiger partial charge < -0.3 is 10.4 Å². The molecule has 140 valence electrons. The predicted molar refractivity (Wildman–Crippen MR) is 81.1 cm³/mol. The molecule has 1 atom stereocenters. The van der Waals surface area contributed by atoms with E-state index >= 15 is 0 Å². The van der Waals surface area contributed by atoms with Crippen LogP contribution in [0.25, 0.3) is 0 Å². The highest BCUT2D eigenvalue weighted by Gasteiger charge is 2.34. The average Bonchev–Trinajstić information content (AvgIpc) is 2.52. The number of carbonyl (C=O) groups excluding carboxylic acids is 1. The smallest absolute Gasteiger partial charge is 0.416 e. The van der Waals surface area contributed by atoms with Gasteiger partial charge >= 0.3 is 12.1 Å². The zero-order valence-corrected chi connectivity index (χ0v) is 14.2. The third kappa shape index (κ3) is 5.43. The highest BCUT2D eigenvalue weighted by Crippen LogP contribution is 2.30. The van der Waals surface area contributed by atoms with E-state index in [4.69, 9.17) is 5.11 Å². The first-order valence-electron chi connectivity index (χ1n) is 7.03. The fourth-order valence-electron chi connectivity index (χ4n) is 1.73. The Morgan fingerprint density at radius 1 is 1.24 bits per heavy atom. The van der Waals surface area contributed by atoms with Crippen molar-refractivity contribution >= 4 is 21.9 Å². The molecule has 0 aliphatic heterocycles. The molecule has 25 heavy (non-hydrogen) atoms. The van der Waals surface area contributed by atoms with Crippen LogP contribution >= 0.6 is 0 Å². The first-order chi connectivity index (χ1) is 11.3. The molecule has 0 aromatic heterocycles. The molecule has 0 spiro atoms. The van der Waals surface area contributed by atoms with Crippen molar-refractivity contribution in [3.63, 3.8) is 0 Å². The second-order valence-corrected chi connectivity index (χ2v) is 7.16. The summed E-state index contributed by atoms with van der Waals surface area (Å²) in [6, 6.07) is 3.03. The van der Waals surface area contributed by atoms with Gasteiger partial charge in [0.05, 0.1) is 17.0 Å². The summed E-state index contributed by atoms with van der Waals surface area (Å²) in [4.78, 5) is 22.2. The molecule has 0 aliphatic carbocycles. The second-order valence-electron chi connectivity index (χ2n) is 5.39. The molecule has 0 saturated heterocycles. The largest absolute Gasteiger partial charge is 0.480 e. The zero-order chi connectivity index (χ0) is 19.5. The number of carbonyl (C=O) groups is 2. The van der Waals surface area contributed by atoms with E-state index in [0.717, 1.165) is 12.1 Å². The Balaban J connectivity index is 2.86. The van der Waals surface area contributed by atoms with Gasteiger partial charge in [0, 0.05) is 0 Å². The van der Waals surface area contributed by atoms with Gasteiger partial charge in [-0.15, -0.1) is 0 Å². The van der Waals surface area contributed by atoms with E-state index < -0.39 is 50.6 Å². The Bertz CT molecular complexity index is 764. The van der Waals surface area contributed by atoms with Crippen molar-refractivity contribution in [1.29, 1.82) is 0 Å². The second kappa shape index (κ2) is 7.40. The Kier molecular flexibility index (Phi) is 6.19. The van der Waals surface area contributed by atoms with Gasteiger partial charge in [-0.2, -0.15) is 13.2 Å². The summed E-state index contributed by atoms with van der Waals surface area (Å²) in [6.45, 7) is 1.94. The number of hydrogen-bond acceptors (Lipinski definition) is 4. The Morgan fingerprint density at radius 2 is 1.84 bits per heavy atom. The topological polar surface area (TPSA) is 113 Å². The molecule has 1 rings (SSSR count). The molecular formula is C14H17F3N2O5S. The molecule has 0 aliphatic rings. The van der Waals surface area contributed by atoms with Gasteiger partial charge in [0.25, 0.3) is 0 Å². The number of sulfonamides is 1. The average molecular weight is 382 g/mol. The summed E-state index contributed by atoms with van der Waals surface area (Å²) < 4.78 is 63.8. The van der Waals surface area contributed by atoms with Crippen LogP contribution in [-0.2, 0) is 25.8 Å². The van der Waals surface area contributed by atoms with E-state index in [1.54, 1.807) is 0 Å². The maximum atomic E-state index is 12.6. The number of amides is 1. The van der Waals surface area contributed by atoms with Crippen molar-refractivity contribution in [2.75, 3.05) is 6.54 Å². The molecule has 0 fully saturated rings. The zero-order valence-electron chi connectivity index (χ0n) is 13.3. The first kappa shape index (κ1) is 20.9. The number of halogens is 3. The van der Waals surface area contributed by atoms with Crippen molar-refractivity contribution in [2.45, 2.75) is 36.9 Å². The monoisotopic (exact) mass is 382 g/mol. The maximum Gasteiger partial charge on any atom is 0.416 e. The van der Waals surface area contributed by atoms with Crippen molar-refractivity contribution in [3.8, 4) is 0 Å². The normalized spacial score (nSPS) is 14.6. The van der Waals surface area contributed by atoms with Gasteiger partial charge in [-0.1, -0.05) is 13.0 Å². The SMILES string of the molecule is CCC(C)(NC(=O)CNS(=O)(=O)c1cccc(C(F)(F)F)c1)C(=O)O. The molecule has 0 bridgehead atoms. The third-order valence-corrected chi connectivity index (χ3v) is 4.89. The van der Waals surface area contributed by atoms with Crippen LogP contribution in [0.5, 0.6) is 0 Å². The predicted octanol–water partition coefficient (Wildman–Crippen LogP) is 1.35. The molecule has 0 saturated carbocycles. The van der Waals surface area contributed by atoms with Crippen molar-refractivity contribution in [2.24, 2.45) is 0 Å². The fourth-order valence-corrected chi connectivity index (χ4v) is 2.76. The van der Waals surface area contributed by atoms with Crippen molar-refractivity contribution in [3.05, 3.63) is 29.8 Å². The summed E-state index contributed by atoms with van der Waals surface area (Å²) in [6.07, 6.45) is -4.66. The van der Waals surface area contributed by atoms with Crippen LogP contribution in [0.15, 0.2) is 29.2 Å². The number of carboxylic acid groups (broad SMARTS) is 1. The van der Waals surface area contributed by atoms with Crippen LogP contribution in [0.4, 0.5) is 13.2 Å². The lowest BCUT2D eigenvalue weighted by molar-refractivity contribution is -0.146. The lowest BCUT2D eigenvalue weighted by Gasteiger charge is -2.24.